The van der Waals surface area contributed by atoms with Crippen molar-refractivity contribution >= 4 is 0 Å². The van der Waals surface area contributed by atoms with E-state index in [-0.39, 0.29) is 22.0 Å². The first kappa shape index (κ1) is 15.3. The van der Waals surface area contributed by atoms with Gasteiger partial charge in [0.1, 0.15) is 0 Å². The summed E-state index contributed by atoms with van der Waals surface area (Å²) in [5.41, 5.74) is 0.621. The Morgan fingerprint density at radius 3 is 1.63 bits per heavy atom. The molecule has 2 rings (SSSR count). The van der Waals surface area contributed by atoms with Crippen LogP contribution in [0.3, 0.4) is 0 Å². The zero-order chi connectivity index (χ0) is 14.9. The Labute approximate surface area is 119 Å². The van der Waals surface area contributed by atoms with Crippen molar-refractivity contribution < 1.29 is 9.78 Å². The fourth-order valence-electron chi connectivity index (χ4n) is 5.35. The molecule has 0 bridgehead atoms. The normalized spacial score (nSPS) is 32.4. The van der Waals surface area contributed by atoms with Crippen LogP contribution in [0.15, 0.2) is 0 Å². The summed E-state index contributed by atoms with van der Waals surface area (Å²) in [5, 5.41) is 0. The summed E-state index contributed by atoms with van der Waals surface area (Å²) in [5.74, 6) is 0.0636. The van der Waals surface area contributed by atoms with Gasteiger partial charge in [-0.1, -0.05) is 62.3 Å². The summed E-state index contributed by atoms with van der Waals surface area (Å²) in [6.07, 6.45) is 2.32. The minimum atomic E-state index is -0.376. The average Bonchev–Trinajstić information content (AvgIpc) is 2.88. The highest BCUT2D eigenvalue weighted by atomic mass is 17.4. The molecule has 2 nitrogen and oxygen atoms in total. The summed E-state index contributed by atoms with van der Waals surface area (Å²) >= 11 is 0. The quantitative estimate of drug-likeness (QED) is 0.447. The maximum Gasteiger partial charge on any atom is 0.243 e. The van der Waals surface area contributed by atoms with Gasteiger partial charge in [0.2, 0.25) is 5.79 Å². The molecule has 0 aromatic carbocycles. The molecule has 1 unspecified atom stereocenters. The topological polar surface area (TPSA) is 25.1 Å². The van der Waals surface area contributed by atoms with E-state index in [0.29, 0.717) is 11.3 Å². The lowest BCUT2D eigenvalue weighted by Gasteiger charge is -2.61. The zero-order valence-electron chi connectivity index (χ0n) is 14.3. The Morgan fingerprint density at radius 2 is 1.32 bits per heavy atom. The molecule has 1 saturated carbocycles. The molecule has 19 heavy (non-hydrogen) atoms. The Morgan fingerprint density at radius 1 is 0.895 bits per heavy atom. The molecule has 2 fully saturated rings. The highest BCUT2D eigenvalue weighted by molar-refractivity contribution is 5.15. The van der Waals surface area contributed by atoms with E-state index in [2.05, 4.69) is 62.3 Å². The molecule has 112 valence electrons. The number of rotatable bonds is 0. The maximum absolute atomic E-state index is 5.71. The molecule has 1 aliphatic heterocycles. The van der Waals surface area contributed by atoms with Crippen molar-refractivity contribution in [2.24, 2.45) is 27.6 Å². The van der Waals surface area contributed by atoms with Gasteiger partial charge in [-0.05, 0) is 29.1 Å². The minimum Gasteiger partial charge on any atom is -0.194 e. The van der Waals surface area contributed by atoms with E-state index in [1.807, 2.05) is 0 Å². The third-order valence-corrected chi connectivity index (χ3v) is 5.67. The average molecular weight is 268 g/mol. The lowest BCUT2D eigenvalue weighted by atomic mass is 9.42. The van der Waals surface area contributed by atoms with Gasteiger partial charge in [0.05, 0.1) is 0 Å². The minimum absolute atomic E-state index is 0.0220. The SMILES string of the molecule is CC1CC(C)(C)CC(C(C)(C)C)(C(C)(C)C)C12OO2. The zero-order valence-corrected chi connectivity index (χ0v) is 14.3. The van der Waals surface area contributed by atoms with E-state index in [1.54, 1.807) is 0 Å². The summed E-state index contributed by atoms with van der Waals surface area (Å²) < 4.78 is 0. The monoisotopic (exact) mass is 268 g/mol. The third-order valence-electron chi connectivity index (χ3n) is 5.67. The van der Waals surface area contributed by atoms with Crippen LogP contribution in [-0.2, 0) is 9.78 Å². The van der Waals surface area contributed by atoms with Gasteiger partial charge < -0.3 is 0 Å². The van der Waals surface area contributed by atoms with Crippen LogP contribution < -0.4 is 0 Å². The molecule has 0 radical (unpaired) electrons. The molecule has 1 aliphatic carbocycles. The first-order valence-electron chi connectivity index (χ1n) is 7.66. The molecule has 2 aliphatic rings. The molecule has 0 aromatic heterocycles. The summed E-state index contributed by atoms with van der Waals surface area (Å²) in [4.78, 5) is 11.4. The highest BCUT2D eigenvalue weighted by Crippen LogP contribution is 2.73. The Hall–Kier alpha value is -0.0800. The van der Waals surface area contributed by atoms with Crippen LogP contribution in [0.2, 0.25) is 0 Å². The van der Waals surface area contributed by atoms with E-state index < -0.39 is 0 Å². The molecule has 2 heteroatoms. The van der Waals surface area contributed by atoms with Gasteiger partial charge in [-0.15, -0.1) is 0 Å². The largest absolute Gasteiger partial charge is 0.243 e. The summed E-state index contributed by atoms with van der Waals surface area (Å²) in [6.45, 7) is 21.2. The van der Waals surface area contributed by atoms with Crippen LogP contribution in [0, 0.1) is 27.6 Å². The number of hydrogen-bond acceptors (Lipinski definition) is 2. The van der Waals surface area contributed by atoms with Gasteiger partial charge in [0, 0.05) is 11.3 Å². The Kier molecular flexibility index (Phi) is 3.03. The molecule has 1 spiro atoms. The van der Waals surface area contributed by atoms with E-state index in [1.165, 1.54) is 6.42 Å². The van der Waals surface area contributed by atoms with Crippen molar-refractivity contribution in [2.45, 2.75) is 80.9 Å². The molecule has 1 saturated heterocycles. The second-order valence-electron chi connectivity index (χ2n) is 9.69. The van der Waals surface area contributed by atoms with Crippen LogP contribution in [0.5, 0.6) is 0 Å². The second-order valence-corrected chi connectivity index (χ2v) is 9.69. The summed E-state index contributed by atoms with van der Waals surface area (Å²) in [7, 11) is 0. The smallest absolute Gasteiger partial charge is 0.194 e. The molecular formula is C17H32O2. The third kappa shape index (κ3) is 1.90. The molecular weight excluding hydrogens is 236 g/mol. The predicted molar refractivity (Wildman–Crippen MR) is 78.4 cm³/mol. The highest BCUT2D eigenvalue weighted by Gasteiger charge is 2.77. The van der Waals surface area contributed by atoms with Crippen LogP contribution in [0.1, 0.15) is 75.2 Å². The fourth-order valence-corrected chi connectivity index (χ4v) is 5.35. The number of hydrogen-bond donors (Lipinski definition) is 0. The lowest BCUT2D eigenvalue weighted by molar-refractivity contribution is -0.183. The van der Waals surface area contributed by atoms with Gasteiger partial charge in [-0.3, -0.25) is 0 Å². The first-order chi connectivity index (χ1) is 8.29. The lowest BCUT2D eigenvalue weighted by Crippen LogP contribution is -2.63. The Bertz CT molecular complexity index is 350. The van der Waals surface area contributed by atoms with E-state index in [0.717, 1.165) is 6.42 Å². The molecule has 1 heterocycles. The van der Waals surface area contributed by atoms with Crippen LogP contribution in [0.25, 0.3) is 0 Å². The molecule has 0 aromatic rings. The van der Waals surface area contributed by atoms with Gasteiger partial charge in [-0.2, -0.15) is 9.78 Å². The summed E-state index contributed by atoms with van der Waals surface area (Å²) in [6, 6.07) is 0. The fraction of sp³-hybridized carbons (Fsp3) is 1.00. The van der Waals surface area contributed by atoms with Crippen molar-refractivity contribution in [1.29, 1.82) is 0 Å². The second kappa shape index (κ2) is 3.76. The molecule has 1 atom stereocenters. The van der Waals surface area contributed by atoms with Crippen molar-refractivity contribution in [3.05, 3.63) is 0 Å². The van der Waals surface area contributed by atoms with Crippen LogP contribution in [-0.4, -0.2) is 5.79 Å². The van der Waals surface area contributed by atoms with Gasteiger partial charge in [0.15, 0.2) is 0 Å². The Balaban J connectivity index is 2.63. The van der Waals surface area contributed by atoms with E-state index in [4.69, 9.17) is 9.78 Å². The molecule has 0 N–H and O–H groups in total. The molecule has 0 amide bonds. The van der Waals surface area contributed by atoms with Gasteiger partial charge >= 0.3 is 0 Å². The van der Waals surface area contributed by atoms with E-state index in [9.17, 15) is 0 Å². The van der Waals surface area contributed by atoms with Crippen LogP contribution in [0.4, 0.5) is 0 Å². The van der Waals surface area contributed by atoms with Crippen LogP contribution >= 0.6 is 0 Å². The predicted octanol–water partition coefficient (Wildman–Crippen LogP) is 5.18. The van der Waals surface area contributed by atoms with Crippen molar-refractivity contribution in [2.75, 3.05) is 0 Å². The van der Waals surface area contributed by atoms with E-state index >= 15 is 0 Å². The van der Waals surface area contributed by atoms with Gasteiger partial charge in [-0.25, -0.2) is 0 Å². The van der Waals surface area contributed by atoms with Crippen molar-refractivity contribution in [3.8, 4) is 0 Å². The van der Waals surface area contributed by atoms with Crippen molar-refractivity contribution in [1.82, 2.24) is 0 Å². The first-order valence-corrected chi connectivity index (χ1v) is 7.66. The van der Waals surface area contributed by atoms with Gasteiger partial charge in [0.25, 0.3) is 0 Å². The standard InChI is InChI=1S/C17H32O2/c1-12-10-15(8,9)11-16(13(2,3)4,14(5,6)7)17(12)18-19-17/h12H,10-11H2,1-9H3. The van der Waals surface area contributed by atoms with Crippen molar-refractivity contribution in [3.63, 3.8) is 0 Å². The maximum atomic E-state index is 5.71.